The second-order valence-electron chi connectivity index (χ2n) is 9.08. The molecule has 2 aliphatic carbocycles. The van der Waals surface area contributed by atoms with Crippen molar-refractivity contribution in [1.29, 1.82) is 0 Å². The zero-order valence-electron chi connectivity index (χ0n) is 25.2. The second-order valence-corrected chi connectivity index (χ2v) is 9.08. The van der Waals surface area contributed by atoms with Gasteiger partial charge in [-0.25, -0.2) is 0 Å². The summed E-state index contributed by atoms with van der Waals surface area (Å²) in [6, 6.07) is 36.2. The maximum absolute atomic E-state index is 9.60. The van der Waals surface area contributed by atoms with Crippen molar-refractivity contribution in [3.8, 4) is 22.3 Å². The monoisotopic (exact) mass is 614 g/mol. The standard InChI is InChI=1S/2C13H9.2C4H8O2.2CH3.H2Si.Ti/c2*1-3-7-12-10(5-1)9-11-6-2-4-8-13(11)12;2*1-2-3-4(5)6;;;;/h2*1-5,7-8H,9H2;2*2-3H2,1H3,(H,5,6);2*1H3;1H2;/q2*-1;;;2*-1;;. The largest absolute Gasteiger partial charge is 0.179 e. The van der Waals surface area contributed by atoms with E-state index < -0.39 is 11.9 Å². The minimum absolute atomic E-state index is 0. The Balaban J connectivity index is 0.000000548. The Morgan fingerprint density at radius 1 is 0.643 bits per heavy atom. The van der Waals surface area contributed by atoms with Gasteiger partial charge in [-0.15, -0.1) is 11.1 Å². The molecule has 0 spiro atoms. The van der Waals surface area contributed by atoms with Gasteiger partial charge in [0.15, 0.2) is 0 Å². The number of benzene rings is 4. The van der Waals surface area contributed by atoms with E-state index in [1.165, 1.54) is 44.5 Å². The van der Waals surface area contributed by atoms with Gasteiger partial charge in [-0.3, -0.25) is 9.59 Å². The molecule has 2 N–H and O–H groups in total. The van der Waals surface area contributed by atoms with Crippen molar-refractivity contribution in [1.82, 2.24) is 0 Å². The Labute approximate surface area is 266 Å². The molecule has 0 heterocycles. The van der Waals surface area contributed by atoms with Crippen LogP contribution in [-0.2, 0) is 41.6 Å². The van der Waals surface area contributed by atoms with Gasteiger partial charge in [-0.2, -0.15) is 59.7 Å². The van der Waals surface area contributed by atoms with E-state index in [1.54, 1.807) is 0 Å². The van der Waals surface area contributed by atoms with Crippen molar-refractivity contribution < 1.29 is 39.0 Å². The van der Waals surface area contributed by atoms with Crippen LogP contribution in [0, 0.1) is 27.0 Å². The molecule has 4 aromatic carbocycles. The number of rotatable bonds is 4. The van der Waals surface area contributed by atoms with Gasteiger partial charge in [0, 0.05) is 12.8 Å². The molecule has 42 heavy (non-hydrogen) atoms. The average Bonchev–Trinajstić information content (AvgIpc) is 3.54. The van der Waals surface area contributed by atoms with E-state index in [-0.39, 0.29) is 14.9 Å². The third-order valence-corrected chi connectivity index (χ3v) is 6.16. The van der Waals surface area contributed by atoms with E-state index in [0.29, 0.717) is 12.8 Å². The van der Waals surface area contributed by atoms with E-state index in [0.717, 1.165) is 25.7 Å². The molecule has 0 aromatic heterocycles. The first-order valence-electron chi connectivity index (χ1n) is 13.4. The topological polar surface area (TPSA) is 74.6 Å². The molecule has 0 amide bonds. The summed E-state index contributed by atoms with van der Waals surface area (Å²) < 4.78 is 0. The SMILES string of the molecule is CCCC(=O)O.CCCC(=O)O.[CH3-].[CH3-].[SiH2]=[Ti].[c-]1cccc2c1Cc1ccccc1-2.[c-]1cccc2c1Cc1ccccc1-2. The predicted octanol–water partition coefficient (Wildman–Crippen LogP) is 7.84. The van der Waals surface area contributed by atoms with Crippen molar-refractivity contribution in [2.45, 2.75) is 52.4 Å². The summed E-state index contributed by atoms with van der Waals surface area (Å²) in [7, 11) is 1.86. The van der Waals surface area contributed by atoms with Gasteiger partial charge in [0.25, 0.3) is 0 Å². The molecular weight excluding hydrogens is 572 g/mol. The average molecular weight is 615 g/mol. The molecule has 0 saturated carbocycles. The zero-order chi connectivity index (χ0) is 29.3. The van der Waals surface area contributed by atoms with Gasteiger partial charge in [-0.1, -0.05) is 84.6 Å². The Morgan fingerprint density at radius 2 is 0.976 bits per heavy atom. The summed E-state index contributed by atoms with van der Waals surface area (Å²) in [4.78, 5) is 19.2. The summed E-state index contributed by atoms with van der Waals surface area (Å²) in [6.45, 7) is 3.68. The number of carbonyl (C=O) groups is 2. The number of hydrogen-bond acceptors (Lipinski definition) is 2. The summed E-state index contributed by atoms with van der Waals surface area (Å²) >= 11 is 2.03. The maximum atomic E-state index is 9.60. The molecule has 0 aliphatic heterocycles. The third kappa shape index (κ3) is 11.9. The minimum atomic E-state index is -0.711. The first kappa shape index (κ1) is 38.8. The van der Waals surface area contributed by atoms with Crippen molar-refractivity contribution in [3.63, 3.8) is 0 Å². The van der Waals surface area contributed by atoms with Crippen LogP contribution in [0.5, 0.6) is 0 Å². The Kier molecular flexibility index (Phi) is 19.8. The molecule has 4 aromatic rings. The molecule has 222 valence electrons. The van der Waals surface area contributed by atoms with E-state index in [4.69, 9.17) is 10.2 Å². The number of carboxylic acids is 2. The molecule has 0 bridgehead atoms. The normalized spacial score (nSPS) is 10.0. The van der Waals surface area contributed by atoms with Gasteiger partial charge in [0.1, 0.15) is 0 Å². The van der Waals surface area contributed by atoms with E-state index in [9.17, 15) is 9.59 Å². The molecule has 0 atom stereocenters. The van der Waals surface area contributed by atoms with E-state index >= 15 is 0 Å². The summed E-state index contributed by atoms with van der Waals surface area (Å²) in [6.07, 6.45) is 4.14. The first-order valence-corrected chi connectivity index (χ1v) is 17.4. The fourth-order valence-corrected chi connectivity index (χ4v) is 4.42. The first-order chi connectivity index (χ1) is 19.4. The van der Waals surface area contributed by atoms with Crippen molar-refractivity contribution in [3.05, 3.63) is 134 Å². The van der Waals surface area contributed by atoms with Crippen molar-refractivity contribution >= 4 is 19.6 Å². The van der Waals surface area contributed by atoms with Crippen LogP contribution in [-0.4, -0.2) is 29.8 Å². The van der Waals surface area contributed by atoms with Gasteiger partial charge in [0.05, 0.1) is 0 Å². The van der Waals surface area contributed by atoms with Crippen LogP contribution < -0.4 is 0 Å². The molecule has 6 rings (SSSR count). The predicted molar refractivity (Wildman–Crippen MR) is 173 cm³/mol. The summed E-state index contributed by atoms with van der Waals surface area (Å²) in [5.74, 6) is -1.42. The second kappa shape index (κ2) is 21.5. The van der Waals surface area contributed by atoms with Gasteiger partial charge >= 0.3 is 38.7 Å². The van der Waals surface area contributed by atoms with Crippen LogP contribution in [0.25, 0.3) is 22.3 Å². The van der Waals surface area contributed by atoms with Crippen LogP contribution in [0.1, 0.15) is 61.8 Å². The summed E-state index contributed by atoms with van der Waals surface area (Å²) in [5.41, 5.74) is 11.0. The number of hydrogen-bond donors (Lipinski definition) is 2. The van der Waals surface area contributed by atoms with E-state index in [1.807, 2.05) is 52.8 Å². The molecule has 4 nitrogen and oxygen atoms in total. The van der Waals surface area contributed by atoms with Crippen LogP contribution in [0.4, 0.5) is 0 Å². The van der Waals surface area contributed by atoms with Crippen LogP contribution in [0.3, 0.4) is 0 Å². The number of aliphatic carboxylic acids is 2. The molecular formula is C36H42O4SiTi-4. The van der Waals surface area contributed by atoms with Crippen LogP contribution >= 0.6 is 0 Å². The smallest absolute Gasteiger partial charge is 0.0253 e. The van der Waals surface area contributed by atoms with Crippen molar-refractivity contribution in [2.24, 2.45) is 0 Å². The molecule has 0 radical (unpaired) electrons. The maximum Gasteiger partial charge on any atom is -0.0253 e. The molecule has 2 aliphatic rings. The van der Waals surface area contributed by atoms with Gasteiger partial charge in [0.2, 0.25) is 0 Å². The van der Waals surface area contributed by atoms with Gasteiger partial charge < -0.3 is 25.1 Å². The Hall–Kier alpha value is -3.25. The summed E-state index contributed by atoms with van der Waals surface area (Å²) in [5, 5.41) is 15.8. The van der Waals surface area contributed by atoms with Crippen LogP contribution in [0.15, 0.2) is 84.9 Å². The zero-order valence-corrected chi connectivity index (χ0v) is 28.2. The molecule has 0 unspecified atom stereocenters. The fourth-order valence-electron chi connectivity index (χ4n) is 4.42. The fraction of sp³-hybridized carbons (Fsp3) is 0.222. The van der Waals surface area contributed by atoms with Gasteiger partial charge in [-0.05, 0) is 25.7 Å². The quantitative estimate of drug-likeness (QED) is 0.157. The number of carboxylic acid groups (broad SMARTS) is 2. The molecule has 6 heteroatoms. The Bertz CT molecular complexity index is 1190. The van der Waals surface area contributed by atoms with E-state index in [2.05, 4.69) is 84.9 Å². The third-order valence-electron chi connectivity index (χ3n) is 6.16. The Morgan fingerprint density at radius 3 is 1.29 bits per heavy atom. The molecule has 0 saturated heterocycles. The van der Waals surface area contributed by atoms with Crippen molar-refractivity contribution in [2.75, 3.05) is 0 Å². The molecule has 0 fully saturated rings. The van der Waals surface area contributed by atoms with Crippen LogP contribution in [0.2, 0.25) is 0 Å². The minimum Gasteiger partial charge on any atom is -0.179 e. The number of fused-ring (bicyclic) bond motifs is 6.